The van der Waals surface area contributed by atoms with E-state index >= 15 is 0 Å². The van der Waals surface area contributed by atoms with Crippen molar-refractivity contribution >= 4 is 5.69 Å². The topological polar surface area (TPSA) is 30.5 Å². The van der Waals surface area contributed by atoms with Crippen LogP contribution in [0, 0.1) is 18.6 Å². The molecule has 0 aliphatic heterocycles. The lowest BCUT2D eigenvalue weighted by Crippen LogP contribution is -2.12. The number of hydrogen-bond donors (Lipinski definition) is 1. The zero-order valence-corrected chi connectivity index (χ0v) is 12.0. The Morgan fingerprint density at radius 3 is 2.33 bits per heavy atom. The Bertz CT molecular complexity index is 600. The van der Waals surface area contributed by atoms with Gasteiger partial charge in [-0.25, -0.2) is 8.78 Å². The molecule has 0 amide bonds. The molecule has 2 aromatic carbocycles. The third-order valence-electron chi connectivity index (χ3n) is 2.99. The van der Waals surface area contributed by atoms with Gasteiger partial charge in [-0.2, -0.15) is 0 Å². The summed E-state index contributed by atoms with van der Waals surface area (Å²) in [6.07, 6.45) is 0. The molecule has 0 saturated heterocycles. The molecule has 1 N–H and O–H groups in total. The van der Waals surface area contributed by atoms with E-state index in [-0.39, 0.29) is 11.3 Å². The van der Waals surface area contributed by atoms with Crippen molar-refractivity contribution in [3.05, 3.63) is 53.6 Å². The van der Waals surface area contributed by atoms with Crippen LogP contribution in [0.1, 0.15) is 5.56 Å². The predicted molar refractivity (Wildman–Crippen MR) is 78.1 cm³/mol. The van der Waals surface area contributed by atoms with Crippen molar-refractivity contribution in [1.29, 1.82) is 0 Å². The maximum atomic E-state index is 13.6. The van der Waals surface area contributed by atoms with E-state index in [1.165, 1.54) is 13.0 Å². The second-order valence-electron chi connectivity index (χ2n) is 4.53. The highest BCUT2D eigenvalue weighted by Crippen LogP contribution is 2.19. The van der Waals surface area contributed by atoms with Crippen molar-refractivity contribution in [3.8, 4) is 11.5 Å². The molecule has 0 heterocycles. The summed E-state index contributed by atoms with van der Waals surface area (Å²) < 4.78 is 37.5. The number of anilines is 1. The zero-order chi connectivity index (χ0) is 15.2. The number of rotatable bonds is 6. The van der Waals surface area contributed by atoms with Gasteiger partial charge in [-0.1, -0.05) is 0 Å². The average molecular weight is 293 g/mol. The monoisotopic (exact) mass is 293 g/mol. The Morgan fingerprint density at radius 2 is 1.67 bits per heavy atom. The Morgan fingerprint density at radius 1 is 1.00 bits per heavy atom. The second kappa shape index (κ2) is 6.92. The number of benzene rings is 2. The summed E-state index contributed by atoms with van der Waals surface area (Å²) in [4.78, 5) is 0. The maximum Gasteiger partial charge on any atom is 0.146 e. The molecule has 2 aromatic rings. The van der Waals surface area contributed by atoms with Crippen LogP contribution in [0.3, 0.4) is 0 Å². The van der Waals surface area contributed by atoms with Crippen LogP contribution < -0.4 is 14.8 Å². The fourth-order valence-corrected chi connectivity index (χ4v) is 1.81. The first-order valence-electron chi connectivity index (χ1n) is 6.56. The van der Waals surface area contributed by atoms with Gasteiger partial charge in [-0.3, -0.25) is 0 Å². The number of nitrogens with one attached hydrogen (secondary N) is 1. The highest BCUT2D eigenvalue weighted by atomic mass is 19.1. The first kappa shape index (κ1) is 15.1. The molecule has 0 fully saturated rings. The van der Waals surface area contributed by atoms with Gasteiger partial charge in [0.15, 0.2) is 0 Å². The molecule has 21 heavy (non-hydrogen) atoms. The molecular formula is C16H17F2NO2. The van der Waals surface area contributed by atoms with Crippen LogP contribution in [0.4, 0.5) is 14.5 Å². The number of halogens is 2. The molecule has 0 radical (unpaired) electrons. The standard InChI is InChI=1S/C16H17F2NO2/c1-11-9-15(18)16(10-14(11)17)19-7-8-21-13-5-3-12(20-2)4-6-13/h3-6,9-10,19H,7-8H2,1-2H3. The van der Waals surface area contributed by atoms with Crippen molar-refractivity contribution in [1.82, 2.24) is 0 Å². The molecule has 0 aromatic heterocycles. The average Bonchev–Trinajstić information content (AvgIpc) is 2.49. The normalized spacial score (nSPS) is 10.3. The lowest BCUT2D eigenvalue weighted by molar-refractivity contribution is 0.331. The number of aryl methyl sites for hydroxylation is 1. The smallest absolute Gasteiger partial charge is 0.146 e. The van der Waals surface area contributed by atoms with Crippen molar-refractivity contribution < 1.29 is 18.3 Å². The molecule has 0 aliphatic carbocycles. The van der Waals surface area contributed by atoms with Gasteiger partial charge in [0.1, 0.15) is 29.7 Å². The molecule has 5 heteroatoms. The van der Waals surface area contributed by atoms with Crippen LogP contribution in [-0.2, 0) is 0 Å². The van der Waals surface area contributed by atoms with E-state index in [0.717, 1.165) is 11.8 Å². The number of methoxy groups -OCH3 is 1. The van der Waals surface area contributed by atoms with E-state index in [4.69, 9.17) is 9.47 Å². The molecule has 0 spiro atoms. The summed E-state index contributed by atoms with van der Waals surface area (Å²) in [5.41, 5.74) is 0.420. The Balaban J connectivity index is 1.83. The molecule has 3 nitrogen and oxygen atoms in total. The highest BCUT2D eigenvalue weighted by molar-refractivity contribution is 5.46. The summed E-state index contributed by atoms with van der Waals surface area (Å²) in [5.74, 6) is 0.527. The molecule has 0 bridgehead atoms. The highest BCUT2D eigenvalue weighted by Gasteiger charge is 2.06. The van der Waals surface area contributed by atoms with Crippen molar-refractivity contribution in [2.75, 3.05) is 25.6 Å². The van der Waals surface area contributed by atoms with Crippen molar-refractivity contribution in [3.63, 3.8) is 0 Å². The molecule has 2 rings (SSSR count). The van der Waals surface area contributed by atoms with E-state index in [0.29, 0.717) is 18.9 Å². The van der Waals surface area contributed by atoms with Gasteiger partial charge < -0.3 is 14.8 Å². The summed E-state index contributed by atoms with van der Waals surface area (Å²) in [5, 5.41) is 2.81. The van der Waals surface area contributed by atoms with E-state index in [1.54, 1.807) is 31.4 Å². The first-order valence-corrected chi connectivity index (χ1v) is 6.56. The molecular weight excluding hydrogens is 276 g/mol. The van der Waals surface area contributed by atoms with Gasteiger partial charge in [0.2, 0.25) is 0 Å². The predicted octanol–water partition coefficient (Wildman–Crippen LogP) is 3.77. The lowest BCUT2D eigenvalue weighted by atomic mass is 10.2. The van der Waals surface area contributed by atoms with Crippen LogP contribution in [0.25, 0.3) is 0 Å². The van der Waals surface area contributed by atoms with Crippen LogP contribution in [0.2, 0.25) is 0 Å². The van der Waals surface area contributed by atoms with Gasteiger partial charge in [-0.05, 0) is 42.8 Å². The number of hydrogen-bond acceptors (Lipinski definition) is 3. The summed E-state index contributed by atoms with van der Waals surface area (Å²) in [6.45, 7) is 2.22. The maximum absolute atomic E-state index is 13.6. The summed E-state index contributed by atoms with van der Waals surface area (Å²) >= 11 is 0. The SMILES string of the molecule is COc1ccc(OCCNc2cc(F)c(C)cc2F)cc1. The Labute approximate surface area is 122 Å². The summed E-state index contributed by atoms with van der Waals surface area (Å²) in [6, 6.07) is 9.46. The van der Waals surface area contributed by atoms with E-state index in [2.05, 4.69) is 5.32 Å². The van der Waals surface area contributed by atoms with Crippen LogP contribution in [0.5, 0.6) is 11.5 Å². The van der Waals surface area contributed by atoms with Gasteiger partial charge in [-0.15, -0.1) is 0 Å². The fourth-order valence-electron chi connectivity index (χ4n) is 1.81. The van der Waals surface area contributed by atoms with E-state index in [9.17, 15) is 8.78 Å². The van der Waals surface area contributed by atoms with Crippen LogP contribution in [-0.4, -0.2) is 20.3 Å². The largest absolute Gasteiger partial charge is 0.497 e. The molecule has 0 atom stereocenters. The first-order chi connectivity index (χ1) is 10.1. The second-order valence-corrected chi connectivity index (χ2v) is 4.53. The fraction of sp³-hybridized carbons (Fsp3) is 0.250. The van der Waals surface area contributed by atoms with Gasteiger partial charge in [0.25, 0.3) is 0 Å². The lowest BCUT2D eigenvalue weighted by Gasteiger charge is -2.10. The minimum Gasteiger partial charge on any atom is -0.497 e. The molecule has 0 unspecified atom stereocenters. The zero-order valence-electron chi connectivity index (χ0n) is 12.0. The van der Waals surface area contributed by atoms with Crippen LogP contribution >= 0.6 is 0 Å². The van der Waals surface area contributed by atoms with Crippen LogP contribution in [0.15, 0.2) is 36.4 Å². The van der Waals surface area contributed by atoms with Crippen molar-refractivity contribution in [2.45, 2.75) is 6.92 Å². The molecule has 112 valence electrons. The van der Waals surface area contributed by atoms with E-state index in [1.807, 2.05) is 0 Å². The van der Waals surface area contributed by atoms with E-state index < -0.39 is 11.6 Å². The Kier molecular flexibility index (Phi) is 4.98. The van der Waals surface area contributed by atoms with Gasteiger partial charge in [0.05, 0.1) is 12.8 Å². The third-order valence-corrected chi connectivity index (χ3v) is 2.99. The minimum atomic E-state index is -0.474. The quantitative estimate of drug-likeness (QED) is 0.822. The Hall–Kier alpha value is -2.30. The van der Waals surface area contributed by atoms with Gasteiger partial charge in [0, 0.05) is 12.6 Å². The molecule has 0 saturated carbocycles. The number of ether oxygens (including phenoxy) is 2. The third kappa shape index (κ3) is 4.08. The van der Waals surface area contributed by atoms with Crippen molar-refractivity contribution in [2.24, 2.45) is 0 Å². The summed E-state index contributed by atoms with van der Waals surface area (Å²) in [7, 11) is 1.59. The van der Waals surface area contributed by atoms with Gasteiger partial charge >= 0.3 is 0 Å². The molecule has 0 aliphatic rings. The minimum absolute atomic E-state index is 0.136.